The molecule has 8 nitrogen and oxygen atoms in total. The second-order valence-corrected chi connectivity index (χ2v) is 6.77. The largest absolute Gasteiger partial charge is 0.478 e. The number of benzene rings is 1. The van der Waals surface area contributed by atoms with Gasteiger partial charge >= 0.3 is 5.97 Å². The molecule has 1 aromatic heterocycles. The summed E-state index contributed by atoms with van der Waals surface area (Å²) in [6, 6.07) is 6.09. The van der Waals surface area contributed by atoms with E-state index in [1.165, 1.54) is 12.1 Å². The molecule has 1 aliphatic heterocycles. The van der Waals surface area contributed by atoms with E-state index in [9.17, 15) is 14.4 Å². The predicted octanol–water partition coefficient (Wildman–Crippen LogP) is 1.34. The number of amides is 2. The number of nitrogens with zero attached hydrogens (tertiary/aromatic N) is 3. The Morgan fingerprint density at radius 1 is 1.33 bits per heavy atom. The van der Waals surface area contributed by atoms with Gasteiger partial charge in [0, 0.05) is 38.8 Å². The first-order chi connectivity index (χ1) is 12.9. The van der Waals surface area contributed by atoms with Gasteiger partial charge in [0.2, 0.25) is 11.8 Å². The summed E-state index contributed by atoms with van der Waals surface area (Å²) >= 11 is 0. The summed E-state index contributed by atoms with van der Waals surface area (Å²) in [7, 11) is 3.49. The number of hydrogen-bond donors (Lipinski definition) is 2. The third kappa shape index (κ3) is 3.99. The van der Waals surface area contributed by atoms with E-state index in [2.05, 4.69) is 10.4 Å². The van der Waals surface area contributed by atoms with Crippen molar-refractivity contribution in [2.75, 3.05) is 7.05 Å². The fourth-order valence-corrected chi connectivity index (χ4v) is 3.50. The minimum atomic E-state index is -1.01. The van der Waals surface area contributed by atoms with Gasteiger partial charge in [-0.1, -0.05) is 12.1 Å². The Balaban J connectivity index is 1.74. The topological polar surface area (TPSA) is 105 Å². The smallest absolute Gasteiger partial charge is 0.335 e. The zero-order valence-electron chi connectivity index (χ0n) is 15.3. The molecule has 1 fully saturated rings. The summed E-state index contributed by atoms with van der Waals surface area (Å²) < 4.78 is 1.65. The number of piperidine rings is 1. The number of aromatic carboxylic acids is 1. The Morgan fingerprint density at radius 2 is 2.11 bits per heavy atom. The molecular weight excluding hydrogens is 348 g/mol. The van der Waals surface area contributed by atoms with Crippen LogP contribution in [0, 0.1) is 5.92 Å². The standard InChI is InChI=1S/C19H22N4O4/c1-22-11-14(10-21-22)17-15(6-7-16(24)23(17)2)18(25)20-9-12-4-3-5-13(8-12)19(26)27/h3-5,8,10-11,15,17H,6-7,9H2,1-2H3,(H,20,25)(H,26,27)/t15-,17+/m1/s1. The van der Waals surface area contributed by atoms with Crippen LogP contribution in [0.2, 0.25) is 0 Å². The van der Waals surface area contributed by atoms with E-state index in [1.54, 1.807) is 42.0 Å². The van der Waals surface area contributed by atoms with Crippen molar-refractivity contribution >= 4 is 17.8 Å². The van der Waals surface area contributed by atoms with E-state index in [4.69, 9.17) is 5.11 Å². The lowest BCUT2D eigenvalue weighted by Gasteiger charge is -2.37. The SMILES string of the molecule is CN1C(=O)CC[C@@H](C(=O)NCc2cccc(C(=O)O)c2)[C@@H]1c1cnn(C)c1. The Hall–Kier alpha value is -3.16. The maximum atomic E-state index is 12.8. The van der Waals surface area contributed by atoms with Crippen molar-refractivity contribution in [1.29, 1.82) is 0 Å². The molecule has 0 saturated carbocycles. The van der Waals surface area contributed by atoms with Crippen LogP contribution < -0.4 is 5.32 Å². The molecule has 2 N–H and O–H groups in total. The highest BCUT2D eigenvalue weighted by Gasteiger charge is 2.39. The number of aromatic nitrogens is 2. The normalized spacial score (nSPS) is 19.8. The number of hydrogen-bond acceptors (Lipinski definition) is 4. The van der Waals surface area contributed by atoms with E-state index in [0.717, 1.165) is 5.56 Å². The fourth-order valence-electron chi connectivity index (χ4n) is 3.50. The van der Waals surface area contributed by atoms with E-state index in [0.29, 0.717) is 18.4 Å². The van der Waals surface area contributed by atoms with Gasteiger partial charge in [-0.3, -0.25) is 14.3 Å². The first-order valence-electron chi connectivity index (χ1n) is 8.71. The summed E-state index contributed by atoms with van der Waals surface area (Å²) in [5, 5.41) is 16.1. The minimum absolute atomic E-state index is 0.00191. The van der Waals surface area contributed by atoms with Crippen LogP contribution in [0.15, 0.2) is 36.7 Å². The van der Waals surface area contributed by atoms with Crippen molar-refractivity contribution in [3.63, 3.8) is 0 Å². The zero-order chi connectivity index (χ0) is 19.6. The molecule has 1 aliphatic rings. The average Bonchev–Trinajstić information content (AvgIpc) is 3.08. The maximum absolute atomic E-state index is 12.8. The van der Waals surface area contributed by atoms with Gasteiger partial charge in [0.25, 0.3) is 0 Å². The summed E-state index contributed by atoms with van der Waals surface area (Å²) in [5.74, 6) is -1.56. The van der Waals surface area contributed by atoms with Gasteiger partial charge in [0.05, 0.1) is 23.7 Å². The number of nitrogens with one attached hydrogen (secondary N) is 1. The van der Waals surface area contributed by atoms with Gasteiger partial charge < -0.3 is 15.3 Å². The molecule has 0 aliphatic carbocycles. The van der Waals surface area contributed by atoms with Gasteiger partial charge in [0.15, 0.2) is 0 Å². The molecule has 3 rings (SSSR count). The molecule has 1 aromatic carbocycles. The quantitative estimate of drug-likeness (QED) is 0.827. The lowest BCUT2D eigenvalue weighted by molar-refractivity contribution is -0.141. The van der Waals surface area contributed by atoms with Crippen LogP contribution in [-0.4, -0.2) is 44.6 Å². The highest BCUT2D eigenvalue weighted by atomic mass is 16.4. The van der Waals surface area contributed by atoms with Crippen molar-refractivity contribution in [2.45, 2.75) is 25.4 Å². The molecule has 2 amide bonds. The zero-order valence-corrected chi connectivity index (χ0v) is 15.3. The number of carbonyl (C=O) groups excluding carboxylic acids is 2. The number of rotatable bonds is 5. The molecule has 8 heteroatoms. The molecule has 2 atom stereocenters. The third-order valence-electron chi connectivity index (χ3n) is 4.90. The molecule has 142 valence electrons. The number of carboxylic acids is 1. The molecule has 0 radical (unpaired) electrons. The van der Waals surface area contributed by atoms with Gasteiger partial charge in [-0.2, -0.15) is 5.10 Å². The highest BCUT2D eigenvalue weighted by Crippen LogP contribution is 2.35. The minimum Gasteiger partial charge on any atom is -0.478 e. The van der Waals surface area contributed by atoms with Crippen molar-refractivity contribution in [2.24, 2.45) is 13.0 Å². The first kappa shape index (κ1) is 18.6. The second kappa shape index (κ2) is 7.61. The van der Waals surface area contributed by atoms with E-state index in [-0.39, 0.29) is 35.9 Å². The Kier molecular flexibility index (Phi) is 5.25. The van der Waals surface area contributed by atoms with E-state index < -0.39 is 5.97 Å². The van der Waals surface area contributed by atoms with Gasteiger partial charge in [0.1, 0.15) is 0 Å². The number of carboxylic acid groups (broad SMARTS) is 1. The molecule has 27 heavy (non-hydrogen) atoms. The van der Waals surface area contributed by atoms with E-state index in [1.807, 2.05) is 6.20 Å². The average molecular weight is 370 g/mol. The molecule has 2 aromatic rings. The second-order valence-electron chi connectivity index (χ2n) is 6.77. The van der Waals surface area contributed by atoms with Crippen LogP contribution in [0.5, 0.6) is 0 Å². The van der Waals surface area contributed by atoms with Crippen LogP contribution in [0.25, 0.3) is 0 Å². The summed E-state index contributed by atoms with van der Waals surface area (Å²) in [4.78, 5) is 37.7. The molecule has 2 heterocycles. The summed E-state index contributed by atoms with van der Waals surface area (Å²) in [6.07, 6.45) is 4.27. The Labute approximate surface area is 156 Å². The van der Waals surface area contributed by atoms with Crippen molar-refractivity contribution in [1.82, 2.24) is 20.0 Å². The molecule has 0 unspecified atom stereocenters. The van der Waals surface area contributed by atoms with Gasteiger partial charge in [-0.25, -0.2) is 4.79 Å². The third-order valence-corrected chi connectivity index (χ3v) is 4.90. The van der Waals surface area contributed by atoms with Gasteiger partial charge in [-0.15, -0.1) is 0 Å². The number of likely N-dealkylation sites (tertiary alicyclic amines) is 1. The van der Waals surface area contributed by atoms with Crippen molar-refractivity contribution in [3.05, 3.63) is 53.3 Å². The van der Waals surface area contributed by atoms with Crippen molar-refractivity contribution in [3.8, 4) is 0 Å². The number of carbonyl (C=O) groups is 3. The van der Waals surface area contributed by atoms with Crippen LogP contribution in [-0.2, 0) is 23.2 Å². The monoisotopic (exact) mass is 370 g/mol. The fraction of sp³-hybridized carbons (Fsp3) is 0.368. The molecule has 0 bridgehead atoms. The van der Waals surface area contributed by atoms with Gasteiger partial charge in [-0.05, 0) is 24.1 Å². The predicted molar refractivity (Wildman–Crippen MR) is 96.7 cm³/mol. The molecule has 1 saturated heterocycles. The Bertz CT molecular complexity index is 876. The molecule has 0 spiro atoms. The van der Waals surface area contributed by atoms with Crippen molar-refractivity contribution < 1.29 is 19.5 Å². The highest BCUT2D eigenvalue weighted by molar-refractivity contribution is 5.88. The van der Waals surface area contributed by atoms with Crippen LogP contribution in [0.4, 0.5) is 0 Å². The van der Waals surface area contributed by atoms with E-state index >= 15 is 0 Å². The van der Waals surface area contributed by atoms with Crippen LogP contribution >= 0.6 is 0 Å². The Morgan fingerprint density at radius 3 is 2.78 bits per heavy atom. The summed E-state index contributed by atoms with van der Waals surface area (Å²) in [6.45, 7) is 0.230. The lowest BCUT2D eigenvalue weighted by Crippen LogP contribution is -2.46. The summed E-state index contributed by atoms with van der Waals surface area (Å²) in [5.41, 5.74) is 1.71. The first-order valence-corrected chi connectivity index (χ1v) is 8.71. The number of aryl methyl sites for hydroxylation is 1. The molecular formula is C19H22N4O4. The maximum Gasteiger partial charge on any atom is 0.335 e. The van der Waals surface area contributed by atoms with Crippen LogP contribution in [0.3, 0.4) is 0 Å². The lowest BCUT2D eigenvalue weighted by atomic mass is 9.85. The van der Waals surface area contributed by atoms with Crippen LogP contribution in [0.1, 0.15) is 40.4 Å².